The molecule has 1 aromatic rings. The van der Waals surface area contributed by atoms with E-state index < -0.39 is 0 Å². The van der Waals surface area contributed by atoms with Crippen LogP contribution in [0, 0.1) is 11.3 Å². The molecule has 0 aliphatic heterocycles. The lowest BCUT2D eigenvalue weighted by molar-refractivity contribution is 0.243. The van der Waals surface area contributed by atoms with Crippen molar-refractivity contribution in [3.63, 3.8) is 0 Å². The predicted octanol–water partition coefficient (Wildman–Crippen LogP) is 5.01. The van der Waals surface area contributed by atoms with Gasteiger partial charge in [-0.05, 0) is 42.0 Å². The van der Waals surface area contributed by atoms with Crippen molar-refractivity contribution in [2.24, 2.45) is 11.3 Å². The average molecular weight is 265 g/mol. The molecular weight excluding hydrogens is 238 g/mol. The van der Waals surface area contributed by atoms with Crippen LogP contribution in [-0.4, -0.2) is 6.54 Å². The van der Waals surface area contributed by atoms with Gasteiger partial charge in [0, 0.05) is 17.5 Å². The molecule has 0 bridgehead atoms. The monoisotopic (exact) mass is 265 g/mol. The van der Waals surface area contributed by atoms with Gasteiger partial charge in [0.2, 0.25) is 0 Å². The van der Waals surface area contributed by atoms with Crippen molar-refractivity contribution in [3.05, 3.63) is 22.4 Å². The van der Waals surface area contributed by atoms with Gasteiger partial charge in [-0.3, -0.25) is 0 Å². The number of hydrogen-bond donors (Lipinski definition) is 1. The van der Waals surface area contributed by atoms with E-state index in [9.17, 15) is 0 Å². The van der Waals surface area contributed by atoms with E-state index in [0.717, 1.165) is 0 Å². The fourth-order valence-corrected chi connectivity index (χ4v) is 4.21. The quantitative estimate of drug-likeness (QED) is 0.762. The van der Waals surface area contributed by atoms with E-state index in [4.69, 9.17) is 0 Å². The number of hydrogen-bond acceptors (Lipinski definition) is 2. The molecule has 1 aliphatic rings. The number of nitrogens with one attached hydrogen (secondary N) is 1. The molecule has 0 spiro atoms. The molecule has 1 aromatic heterocycles. The molecule has 2 rings (SSSR count). The highest BCUT2D eigenvalue weighted by molar-refractivity contribution is 7.10. The maximum Gasteiger partial charge on any atom is 0.0438 e. The third kappa shape index (κ3) is 3.16. The Morgan fingerprint density at radius 2 is 2.06 bits per heavy atom. The van der Waals surface area contributed by atoms with Crippen LogP contribution >= 0.6 is 11.3 Å². The van der Waals surface area contributed by atoms with Gasteiger partial charge in [-0.25, -0.2) is 0 Å². The Labute approximate surface area is 116 Å². The molecule has 2 heteroatoms. The van der Waals surface area contributed by atoms with Crippen LogP contribution in [0.25, 0.3) is 0 Å². The third-order valence-electron chi connectivity index (χ3n) is 4.63. The predicted molar refractivity (Wildman–Crippen MR) is 81.1 cm³/mol. The normalized spacial score (nSPS) is 20.4. The first-order chi connectivity index (χ1) is 8.67. The highest BCUT2D eigenvalue weighted by atomic mass is 32.1. The highest BCUT2D eigenvalue weighted by Crippen LogP contribution is 2.41. The van der Waals surface area contributed by atoms with E-state index in [-0.39, 0.29) is 0 Å². The summed E-state index contributed by atoms with van der Waals surface area (Å²) in [6.07, 6.45) is 7.04. The molecule has 1 nitrogen and oxygen atoms in total. The number of thiophene rings is 1. The zero-order chi connectivity index (χ0) is 13.0. The number of rotatable bonds is 6. The Hall–Kier alpha value is -0.340. The molecule has 1 saturated carbocycles. The van der Waals surface area contributed by atoms with Gasteiger partial charge < -0.3 is 5.32 Å². The fraction of sp³-hybridized carbons (Fsp3) is 0.750. The van der Waals surface area contributed by atoms with Crippen LogP contribution in [0.5, 0.6) is 0 Å². The Balaban J connectivity index is 1.98. The molecule has 1 N–H and O–H groups in total. The van der Waals surface area contributed by atoms with Gasteiger partial charge >= 0.3 is 0 Å². The van der Waals surface area contributed by atoms with Crippen molar-refractivity contribution in [2.45, 2.75) is 58.9 Å². The molecule has 1 fully saturated rings. The summed E-state index contributed by atoms with van der Waals surface area (Å²) < 4.78 is 0. The minimum atomic E-state index is 0.536. The Kier molecular flexibility index (Phi) is 4.85. The van der Waals surface area contributed by atoms with Crippen LogP contribution in [-0.2, 0) is 0 Å². The van der Waals surface area contributed by atoms with E-state index in [1.165, 1.54) is 43.5 Å². The largest absolute Gasteiger partial charge is 0.308 e. The van der Waals surface area contributed by atoms with Crippen LogP contribution in [0.4, 0.5) is 0 Å². The Morgan fingerprint density at radius 1 is 1.33 bits per heavy atom. The topological polar surface area (TPSA) is 12.0 Å². The Bertz CT molecular complexity index is 336. The van der Waals surface area contributed by atoms with Crippen LogP contribution in [0.3, 0.4) is 0 Å². The summed E-state index contributed by atoms with van der Waals surface area (Å²) in [4.78, 5) is 1.49. The van der Waals surface area contributed by atoms with Gasteiger partial charge in [0.15, 0.2) is 0 Å². The van der Waals surface area contributed by atoms with Crippen molar-refractivity contribution in [1.29, 1.82) is 0 Å². The van der Waals surface area contributed by atoms with Gasteiger partial charge in [0.05, 0.1) is 0 Å². The summed E-state index contributed by atoms with van der Waals surface area (Å²) in [6.45, 7) is 8.21. The van der Waals surface area contributed by atoms with E-state index in [0.29, 0.717) is 17.4 Å². The molecule has 0 amide bonds. The lowest BCUT2D eigenvalue weighted by atomic mass is 9.83. The minimum absolute atomic E-state index is 0.536. The van der Waals surface area contributed by atoms with Crippen LogP contribution < -0.4 is 5.32 Å². The van der Waals surface area contributed by atoms with Gasteiger partial charge in [0.25, 0.3) is 0 Å². The molecule has 1 atom stereocenters. The first kappa shape index (κ1) is 14.1. The van der Waals surface area contributed by atoms with Crippen molar-refractivity contribution >= 4 is 11.3 Å². The fourth-order valence-electron chi connectivity index (χ4n) is 3.24. The first-order valence-electron chi connectivity index (χ1n) is 7.44. The van der Waals surface area contributed by atoms with Crippen LogP contribution in [0.15, 0.2) is 17.5 Å². The molecule has 0 radical (unpaired) electrons. The molecular formula is C16H27NS. The second-order valence-corrected chi connectivity index (χ2v) is 7.16. The zero-order valence-electron chi connectivity index (χ0n) is 12.0. The molecule has 102 valence electrons. The molecule has 1 heterocycles. The molecule has 0 aromatic carbocycles. The molecule has 18 heavy (non-hydrogen) atoms. The lowest BCUT2D eigenvalue weighted by Gasteiger charge is -2.31. The van der Waals surface area contributed by atoms with Crippen molar-refractivity contribution in [2.75, 3.05) is 6.54 Å². The average Bonchev–Trinajstić information content (AvgIpc) is 3.00. The zero-order valence-corrected chi connectivity index (χ0v) is 12.9. The van der Waals surface area contributed by atoms with Crippen LogP contribution in [0.1, 0.15) is 63.8 Å². The smallest absolute Gasteiger partial charge is 0.0438 e. The van der Waals surface area contributed by atoms with Gasteiger partial charge in [-0.2, -0.15) is 0 Å². The summed E-state index contributed by atoms with van der Waals surface area (Å²) in [6, 6.07) is 4.98. The second-order valence-electron chi connectivity index (χ2n) is 6.18. The Morgan fingerprint density at radius 3 is 2.56 bits per heavy atom. The lowest BCUT2D eigenvalue weighted by Crippen LogP contribution is -2.35. The minimum Gasteiger partial charge on any atom is -0.308 e. The second kappa shape index (κ2) is 6.21. The summed E-state index contributed by atoms with van der Waals surface area (Å²) in [7, 11) is 0. The standard InChI is InChI=1S/C16H27NS/c1-4-16(9-5-6-10-16)12-17-15(13(2)3)14-8-7-11-18-14/h7-8,11,13,15,17H,4-6,9-10,12H2,1-3H3. The van der Waals surface area contributed by atoms with Gasteiger partial charge in [0.1, 0.15) is 0 Å². The van der Waals surface area contributed by atoms with Gasteiger partial charge in [-0.15, -0.1) is 11.3 Å². The molecule has 1 unspecified atom stereocenters. The van der Waals surface area contributed by atoms with Crippen LogP contribution in [0.2, 0.25) is 0 Å². The van der Waals surface area contributed by atoms with E-state index in [2.05, 4.69) is 43.6 Å². The SMILES string of the molecule is CCC1(CNC(c2cccs2)C(C)C)CCCC1. The van der Waals surface area contributed by atoms with E-state index in [1.54, 1.807) is 0 Å². The van der Waals surface area contributed by atoms with Crippen molar-refractivity contribution < 1.29 is 0 Å². The van der Waals surface area contributed by atoms with Crippen molar-refractivity contribution in [3.8, 4) is 0 Å². The molecule has 0 saturated heterocycles. The molecule has 1 aliphatic carbocycles. The summed E-state index contributed by atoms with van der Waals surface area (Å²) >= 11 is 1.89. The van der Waals surface area contributed by atoms with E-state index >= 15 is 0 Å². The van der Waals surface area contributed by atoms with Crippen molar-refractivity contribution in [1.82, 2.24) is 5.32 Å². The summed E-state index contributed by atoms with van der Waals surface area (Å²) in [5.41, 5.74) is 0.588. The van der Waals surface area contributed by atoms with Gasteiger partial charge in [-0.1, -0.05) is 39.7 Å². The van der Waals surface area contributed by atoms with E-state index in [1.807, 2.05) is 11.3 Å². The first-order valence-corrected chi connectivity index (χ1v) is 8.32. The summed E-state index contributed by atoms with van der Waals surface area (Å²) in [5, 5.41) is 6.06. The summed E-state index contributed by atoms with van der Waals surface area (Å²) in [5.74, 6) is 0.666. The maximum atomic E-state index is 3.87. The third-order valence-corrected chi connectivity index (χ3v) is 5.58. The highest BCUT2D eigenvalue weighted by Gasteiger charge is 2.32. The maximum absolute atomic E-state index is 3.87.